The molecule has 1 N–H and O–H groups in total. The Kier molecular flexibility index (Phi) is 5.72. The van der Waals surface area contributed by atoms with Crippen molar-refractivity contribution < 1.29 is 31.1 Å². The summed E-state index contributed by atoms with van der Waals surface area (Å²) in [5, 5.41) is 8.88. The van der Waals surface area contributed by atoms with Crippen molar-refractivity contribution in [3.05, 3.63) is 70.4 Å². The highest BCUT2D eigenvalue weighted by atomic mass is 32.2. The van der Waals surface area contributed by atoms with E-state index >= 15 is 0 Å². The first kappa shape index (κ1) is 22.6. The number of carboxylic acid groups (broad SMARTS) is 1. The largest absolute Gasteiger partial charge is 0.478 e. The van der Waals surface area contributed by atoms with Gasteiger partial charge in [0.15, 0.2) is 24.8 Å². The third-order valence-electron chi connectivity index (χ3n) is 5.30. The van der Waals surface area contributed by atoms with Gasteiger partial charge in [-0.3, -0.25) is 0 Å². The van der Waals surface area contributed by atoms with E-state index in [2.05, 4.69) is 0 Å². The summed E-state index contributed by atoms with van der Waals surface area (Å²) < 4.78 is 64.7. The molecule has 0 atom stereocenters. The predicted molar refractivity (Wildman–Crippen MR) is 119 cm³/mol. The van der Waals surface area contributed by atoms with E-state index in [0.29, 0.717) is 16.0 Å². The van der Waals surface area contributed by atoms with E-state index < -0.39 is 36.5 Å². The van der Waals surface area contributed by atoms with Crippen molar-refractivity contribution in [3.63, 3.8) is 0 Å². The highest BCUT2D eigenvalue weighted by molar-refractivity contribution is 7.91. The molecule has 168 valence electrons. The van der Waals surface area contributed by atoms with Crippen LogP contribution in [0.1, 0.15) is 40.2 Å². The van der Waals surface area contributed by atoms with E-state index in [1.807, 2.05) is 0 Å². The van der Waals surface area contributed by atoms with Gasteiger partial charge in [0.1, 0.15) is 0 Å². The van der Waals surface area contributed by atoms with E-state index in [4.69, 9.17) is 0 Å². The van der Waals surface area contributed by atoms with Crippen LogP contribution < -0.4 is 0 Å². The van der Waals surface area contributed by atoms with Gasteiger partial charge in [0, 0.05) is 11.1 Å². The third kappa shape index (κ3) is 4.62. The number of sulfone groups is 2. The summed E-state index contributed by atoms with van der Waals surface area (Å²) in [7, 11) is -7.65. The molecule has 0 amide bonds. The molecule has 1 aliphatic rings. The number of halogens is 1. The Morgan fingerprint density at radius 2 is 1.78 bits per heavy atom. The van der Waals surface area contributed by atoms with Crippen LogP contribution in [-0.2, 0) is 25.4 Å². The predicted octanol–water partition coefficient (Wildman–Crippen LogP) is 4.51. The van der Waals surface area contributed by atoms with Crippen molar-refractivity contribution in [2.45, 2.75) is 34.3 Å². The molecule has 10 heteroatoms. The van der Waals surface area contributed by atoms with Crippen LogP contribution in [0.2, 0.25) is 0 Å². The zero-order chi connectivity index (χ0) is 23.3. The molecule has 0 saturated heterocycles. The van der Waals surface area contributed by atoms with Crippen molar-refractivity contribution in [3.8, 4) is 10.4 Å². The molecule has 1 saturated carbocycles. The summed E-state index contributed by atoms with van der Waals surface area (Å²) in [5.74, 6) is -1.73. The van der Waals surface area contributed by atoms with Gasteiger partial charge in [0.2, 0.25) is 0 Å². The highest BCUT2D eigenvalue weighted by Crippen LogP contribution is 2.44. The lowest BCUT2D eigenvalue weighted by atomic mass is 10.1. The smallest absolute Gasteiger partial charge is 0.335 e. The fourth-order valence-electron chi connectivity index (χ4n) is 3.57. The second-order valence-electron chi connectivity index (χ2n) is 7.79. The molecule has 6 nitrogen and oxygen atoms in total. The van der Waals surface area contributed by atoms with Gasteiger partial charge in [-0.1, -0.05) is 12.1 Å². The molecule has 1 heterocycles. The Labute approximate surface area is 189 Å². The molecular formula is C22H19FO6S3. The quantitative estimate of drug-likeness (QED) is 0.518. The maximum Gasteiger partial charge on any atom is 0.335 e. The minimum atomic E-state index is -4.04. The van der Waals surface area contributed by atoms with Crippen LogP contribution in [0.4, 0.5) is 4.39 Å². The number of carbonyl (C=O) groups is 1. The maximum absolute atomic E-state index is 13.6. The van der Waals surface area contributed by atoms with E-state index in [-0.39, 0.29) is 26.8 Å². The molecule has 0 bridgehead atoms. The summed E-state index contributed by atoms with van der Waals surface area (Å²) in [4.78, 5) is 11.8. The Hall–Kier alpha value is -2.56. The Morgan fingerprint density at radius 1 is 1.06 bits per heavy atom. The zero-order valence-corrected chi connectivity index (χ0v) is 19.4. The van der Waals surface area contributed by atoms with Gasteiger partial charge in [0.25, 0.3) is 0 Å². The first-order chi connectivity index (χ1) is 15.0. The zero-order valence-electron chi connectivity index (χ0n) is 16.9. The standard InChI is InChI=1S/C22H19FO6S3/c1-31(26,27)16-5-7-17(19-8-9-21(23)30-19)15(10-16)12-32(28,29)20-11-14(22(24)25)4-6-18(20)13-2-3-13/h4-11,13H,2-3,12H2,1H3,(H,24,25). The number of aromatic carboxylic acids is 1. The number of carboxylic acids is 1. The lowest BCUT2D eigenvalue weighted by Crippen LogP contribution is -2.11. The minimum absolute atomic E-state index is 0.0508. The average Bonchev–Trinajstić information content (AvgIpc) is 3.47. The fraction of sp³-hybridized carbons (Fsp3) is 0.227. The molecule has 0 aliphatic heterocycles. The van der Waals surface area contributed by atoms with Crippen LogP contribution in [-0.4, -0.2) is 34.2 Å². The molecule has 0 unspecified atom stereocenters. The lowest BCUT2D eigenvalue weighted by molar-refractivity contribution is 0.0696. The summed E-state index contributed by atoms with van der Waals surface area (Å²) in [6.45, 7) is 0. The van der Waals surface area contributed by atoms with E-state index in [9.17, 15) is 31.1 Å². The topological polar surface area (TPSA) is 106 Å². The van der Waals surface area contributed by atoms with Gasteiger partial charge in [-0.2, -0.15) is 4.39 Å². The third-order valence-corrected chi connectivity index (χ3v) is 9.03. The summed E-state index contributed by atoms with van der Waals surface area (Å²) in [5.41, 5.74) is 1.05. The molecule has 0 spiro atoms. The highest BCUT2D eigenvalue weighted by Gasteiger charge is 2.32. The Bertz CT molecular complexity index is 1430. The first-order valence-corrected chi connectivity index (χ1v) is 14.0. The number of hydrogen-bond acceptors (Lipinski definition) is 6. The monoisotopic (exact) mass is 494 g/mol. The van der Waals surface area contributed by atoms with Gasteiger partial charge in [-0.05, 0) is 71.8 Å². The van der Waals surface area contributed by atoms with Crippen molar-refractivity contribution in [1.82, 2.24) is 0 Å². The molecule has 0 radical (unpaired) electrons. The first-order valence-electron chi connectivity index (χ1n) is 9.64. The van der Waals surface area contributed by atoms with Crippen molar-refractivity contribution in [2.75, 3.05) is 6.26 Å². The van der Waals surface area contributed by atoms with E-state index in [1.54, 1.807) is 0 Å². The normalized spacial score (nSPS) is 14.4. The summed E-state index contributed by atoms with van der Waals surface area (Å²) in [6, 6.07) is 11.0. The summed E-state index contributed by atoms with van der Waals surface area (Å²) >= 11 is 0.826. The second kappa shape index (κ2) is 8.09. The van der Waals surface area contributed by atoms with Crippen LogP contribution in [0.15, 0.2) is 58.3 Å². The number of rotatable bonds is 7. The molecule has 4 rings (SSSR count). The molecule has 2 aromatic carbocycles. The van der Waals surface area contributed by atoms with Crippen molar-refractivity contribution in [2.24, 2.45) is 0 Å². The number of benzene rings is 2. The lowest BCUT2D eigenvalue weighted by Gasteiger charge is -2.14. The van der Waals surface area contributed by atoms with Gasteiger partial charge < -0.3 is 5.11 Å². The van der Waals surface area contributed by atoms with Crippen LogP contribution in [0.25, 0.3) is 10.4 Å². The molecule has 1 aromatic heterocycles. The fourth-order valence-corrected chi connectivity index (χ4v) is 6.74. The maximum atomic E-state index is 13.6. The molecule has 1 aliphatic carbocycles. The number of hydrogen-bond donors (Lipinski definition) is 1. The van der Waals surface area contributed by atoms with Gasteiger partial charge >= 0.3 is 5.97 Å². The average molecular weight is 495 g/mol. The SMILES string of the molecule is CS(=O)(=O)c1ccc(-c2ccc(F)s2)c(CS(=O)(=O)c2cc(C(=O)O)ccc2C2CC2)c1. The van der Waals surface area contributed by atoms with Crippen LogP contribution >= 0.6 is 11.3 Å². The van der Waals surface area contributed by atoms with Gasteiger partial charge in [-0.15, -0.1) is 11.3 Å². The molecular weight excluding hydrogens is 475 g/mol. The van der Waals surface area contributed by atoms with Crippen LogP contribution in [0, 0.1) is 5.13 Å². The van der Waals surface area contributed by atoms with E-state index in [1.165, 1.54) is 42.5 Å². The van der Waals surface area contributed by atoms with Crippen LogP contribution in [0.5, 0.6) is 0 Å². The second-order valence-corrected chi connectivity index (χ2v) is 12.8. The van der Waals surface area contributed by atoms with Crippen molar-refractivity contribution in [1.29, 1.82) is 0 Å². The Morgan fingerprint density at radius 3 is 2.34 bits per heavy atom. The van der Waals surface area contributed by atoms with Gasteiger partial charge in [-0.25, -0.2) is 21.6 Å². The summed E-state index contributed by atoms with van der Waals surface area (Å²) in [6.07, 6.45) is 2.66. The van der Waals surface area contributed by atoms with E-state index in [0.717, 1.165) is 36.5 Å². The van der Waals surface area contributed by atoms with Crippen LogP contribution in [0.3, 0.4) is 0 Å². The van der Waals surface area contributed by atoms with Crippen molar-refractivity contribution >= 4 is 37.0 Å². The molecule has 1 fully saturated rings. The number of thiophene rings is 1. The minimum Gasteiger partial charge on any atom is -0.478 e. The molecule has 3 aromatic rings. The van der Waals surface area contributed by atoms with Gasteiger partial charge in [0.05, 0.1) is 21.1 Å². The Balaban J connectivity index is 1.86. The molecule has 32 heavy (non-hydrogen) atoms.